The number of nitrogens with two attached hydrogens (primary N) is 1. The lowest BCUT2D eigenvalue weighted by molar-refractivity contribution is 0.0993. The molecule has 2 nitrogen and oxygen atoms in total. The molecular formula is C18H20ClNO. The van der Waals surface area contributed by atoms with Crippen LogP contribution >= 0.6 is 11.6 Å². The molecule has 0 fully saturated rings. The second kappa shape index (κ2) is 5.90. The van der Waals surface area contributed by atoms with Crippen LogP contribution in [0.2, 0.25) is 5.02 Å². The third kappa shape index (κ3) is 3.85. The van der Waals surface area contributed by atoms with Crippen molar-refractivity contribution < 1.29 is 4.79 Å². The molecule has 0 bridgehead atoms. The molecule has 2 rings (SSSR count). The van der Waals surface area contributed by atoms with E-state index in [9.17, 15) is 4.79 Å². The van der Waals surface area contributed by atoms with Crippen molar-refractivity contribution in [2.45, 2.75) is 32.6 Å². The molecule has 110 valence electrons. The van der Waals surface area contributed by atoms with Gasteiger partial charge in [-0.1, -0.05) is 56.6 Å². The van der Waals surface area contributed by atoms with Gasteiger partial charge >= 0.3 is 0 Å². The SMILES string of the molecule is CC(C)(C)c1ccc(CC(=O)c2ccc(Cl)c(N)c2)cc1. The number of benzene rings is 2. The lowest BCUT2D eigenvalue weighted by atomic mass is 9.86. The van der Waals surface area contributed by atoms with Crippen molar-refractivity contribution >= 4 is 23.1 Å². The van der Waals surface area contributed by atoms with E-state index in [2.05, 4.69) is 32.9 Å². The minimum Gasteiger partial charge on any atom is -0.398 e. The third-order valence-corrected chi connectivity index (χ3v) is 3.85. The number of hydrogen-bond donors (Lipinski definition) is 1. The summed E-state index contributed by atoms with van der Waals surface area (Å²) in [7, 11) is 0. The quantitative estimate of drug-likeness (QED) is 0.662. The van der Waals surface area contributed by atoms with Crippen molar-refractivity contribution in [1.29, 1.82) is 0 Å². The number of anilines is 1. The highest BCUT2D eigenvalue weighted by Crippen LogP contribution is 2.23. The molecule has 2 aromatic carbocycles. The molecule has 0 saturated heterocycles. The fraction of sp³-hybridized carbons (Fsp3) is 0.278. The van der Waals surface area contributed by atoms with E-state index < -0.39 is 0 Å². The fourth-order valence-corrected chi connectivity index (χ4v) is 2.24. The van der Waals surface area contributed by atoms with Crippen molar-refractivity contribution in [2.75, 3.05) is 5.73 Å². The fourth-order valence-electron chi connectivity index (χ4n) is 2.13. The molecule has 0 aliphatic carbocycles. The van der Waals surface area contributed by atoms with Gasteiger partial charge in [-0.2, -0.15) is 0 Å². The van der Waals surface area contributed by atoms with Crippen molar-refractivity contribution in [1.82, 2.24) is 0 Å². The van der Waals surface area contributed by atoms with E-state index in [-0.39, 0.29) is 11.2 Å². The molecule has 0 spiro atoms. The Bertz CT molecular complexity index is 654. The van der Waals surface area contributed by atoms with Gasteiger partial charge in [-0.05, 0) is 34.7 Å². The Morgan fingerprint density at radius 1 is 1.10 bits per heavy atom. The maximum atomic E-state index is 12.3. The molecule has 0 unspecified atom stereocenters. The zero-order valence-corrected chi connectivity index (χ0v) is 13.4. The topological polar surface area (TPSA) is 43.1 Å². The maximum absolute atomic E-state index is 12.3. The molecule has 0 aromatic heterocycles. The summed E-state index contributed by atoms with van der Waals surface area (Å²) in [6, 6.07) is 13.2. The van der Waals surface area contributed by atoms with Gasteiger partial charge in [0.05, 0.1) is 10.7 Å². The maximum Gasteiger partial charge on any atom is 0.167 e. The zero-order chi connectivity index (χ0) is 15.6. The van der Waals surface area contributed by atoms with Crippen LogP contribution in [0.15, 0.2) is 42.5 Å². The Kier molecular flexibility index (Phi) is 4.38. The Morgan fingerprint density at radius 2 is 1.71 bits per heavy atom. The van der Waals surface area contributed by atoms with Crippen molar-refractivity contribution in [3.63, 3.8) is 0 Å². The van der Waals surface area contributed by atoms with Gasteiger partial charge in [-0.3, -0.25) is 4.79 Å². The summed E-state index contributed by atoms with van der Waals surface area (Å²) in [4.78, 5) is 12.3. The summed E-state index contributed by atoms with van der Waals surface area (Å²) in [6.07, 6.45) is 0.367. The first-order chi connectivity index (χ1) is 9.77. The van der Waals surface area contributed by atoms with E-state index in [0.717, 1.165) is 5.56 Å². The second-order valence-corrected chi connectivity index (χ2v) is 6.69. The van der Waals surface area contributed by atoms with Gasteiger partial charge in [0.2, 0.25) is 0 Å². The molecule has 3 heteroatoms. The molecule has 0 radical (unpaired) electrons. The number of halogens is 1. The van der Waals surface area contributed by atoms with Crippen LogP contribution in [0.1, 0.15) is 42.3 Å². The van der Waals surface area contributed by atoms with Gasteiger partial charge < -0.3 is 5.73 Å². The highest BCUT2D eigenvalue weighted by Gasteiger charge is 2.14. The van der Waals surface area contributed by atoms with Gasteiger partial charge in [-0.15, -0.1) is 0 Å². The molecule has 2 aromatic rings. The van der Waals surface area contributed by atoms with E-state index in [1.54, 1.807) is 18.2 Å². The van der Waals surface area contributed by atoms with Gasteiger partial charge in [-0.25, -0.2) is 0 Å². The van der Waals surface area contributed by atoms with E-state index in [4.69, 9.17) is 17.3 Å². The Hall–Kier alpha value is -1.80. The van der Waals surface area contributed by atoms with Gasteiger partial charge in [0, 0.05) is 12.0 Å². The minimum absolute atomic E-state index is 0.0434. The number of ketones is 1. The van der Waals surface area contributed by atoms with Crippen LogP contribution in [0, 0.1) is 0 Å². The monoisotopic (exact) mass is 301 g/mol. The molecular weight excluding hydrogens is 282 g/mol. The van der Waals surface area contributed by atoms with Gasteiger partial charge in [0.15, 0.2) is 5.78 Å². The predicted molar refractivity (Wildman–Crippen MR) is 89.0 cm³/mol. The largest absolute Gasteiger partial charge is 0.398 e. The number of Topliss-reactive ketones (excluding diaryl/α,β-unsaturated/α-hetero) is 1. The van der Waals surface area contributed by atoms with Crippen molar-refractivity contribution in [3.05, 3.63) is 64.2 Å². The van der Waals surface area contributed by atoms with Crippen LogP contribution in [-0.2, 0) is 11.8 Å². The standard InChI is InChI=1S/C18H20ClNO/c1-18(2,3)14-7-4-12(5-8-14)10-17(21)13-6-9-15(19)16(20)11-13/h4-9,11H,10,20H2,1-3H3. The van der Waals surface area contributed by atoms with E-state index in [0.29, 0.717) is 22.7 Å². The molecule has 0 aliphatic heterocycles. The van der Waals surface area contributed by atoms with Crippen molar-refractivity contribution in [3.8, 4) is 0 Å². The Labute approximate surface area is 130 Å². The average Bonchev–Trinajstić information content (AvgIpc) is 2.41. The first kappa shape index (κ1) is 15.6. The molecule has 0 heterocycles. The summed E-state index contributed by atoms with van der Waals surface area (Å²) in [5, 5.41) is 0.473. The van der Waals surface area contributed by atoms with Crippen LogP contribution in [-0.4, -0.2) is 5.78 Å². The number of hydrogen-bond acceptors (Lipinski definition) is 2. The molecule has 0 amide bonds. The number of rotatable bonds is 3. The van der Waals surface area contributed by atoms with E-state index in [1.807, 2.05) is 12.1 Å². The van der Waals surface area contributed by atoms with Crippen LogP contribution < -0.4 is 5.73 Å². The predicted octanol–water partition coefficient (Wildman–Crippen LogP) is 4.65. The highest BCUT2D eigenvalue weighted by molar-refractivity contribution is 6.33. The van der Waals surface area contributed by atoms with Crippen LogP contribution in [0.5, 0.6) is 0 Å². The Balaban J connectivity index is 2.14. The molecule has 21 heavy (non-hydrogen) atoms. The number of carbonyl (C=O) groups excluding carboxylic acids is 1. The molecule has 0 atom stereocenters. The molecule has 0 saturated carbocycles. The summed E-state index contributed by atoms with van der Waals surface area (Å²) >= 11 is 5.87. The lowest BCUT2D eigenvalue weighted by Gasteiger charge is -2.19. The zero-order valence-electron chi connectivity index (χ0n) is 12.6. The first-order valence-electron chi connectivity index (χ1n) is 6.95. The minimum atomic E-state index is 0.0434. The smallest absolute Gasteiger partial charge is 0.167 e. The van der Waals surface area contributed by atoms with Crippen molar-refractivity contribution in [2.24, 2.45) is 0 Å². The lowest BCUT2D eigenvalue weighted by Crippen LogP contribution is -2.11. The molecule has 2 N–H and O–H groups in total. The van der Waals surface area contributed by atoms with Gasteiger partial charge in [0.1, 0.15) is 0 Å². The summed E-state index contributed by atoms with van der Waals surface area (Å²) in [5.41, 5.74) is 9.14. The van der Waals surface area contributed by atoms with Crippen LogP contribution in [0.4, 0.5) is 5.69 Å². The normalized spacial score (nSPS) is 11.4. The number of carbonyl (C=O) groups is 1. The summed E-state index contributed by atoms with van der Waals surface area (Å²) < 4.78 is 0. The summed E-state index contributed by atoms with van der Waals surface area (Å²) in [5.74, 6) is 0.0434. The van der Waals surface area contributed by atoms with Gasteiger partial charge in [0.25, 0.3) is 0 Å². The number of nitrogen functional groups attached to an aromatic ring is 1. The molecule has 0 aliphatic rings. The van der Waals surface area contributed by atoms with Crippen LogP contribution in [0.25, 0.3) is 0 Å². The Morgan fingerprint density at radius 3 is 2.24 bits per heavy atom. The third-order valence-electron chi connectivity index (χ3n) is 3.50. The van der Waals surface area contributed by atoms with Crippen LogP contribution in [0.3, 0.4) is 0 Å². The summed E-state index contributed by atoms with van der Waals surface area (Å²) in [6.45, 7) is 6.51. The van der Waals surface area contributed by atoms with E-state index >= 15 is 0 Å². The average molecular weight is 302 g/mol. The first-order valence-corrected chi connectivity index (χ1v) is 7.33. The second-order valence-electron chi connectivity index (χ2n) is 6.28. The highest BCUT2D eigenvalue weighted by atomic mass is 35.5. The van der Waals surface area contributed by atoms with E-state index in [1.165, 1.54) is 5.56 Å².